The first-order valence-electron chi connectivity index (χ1n) is 7.88. The summed E-state index contributed by atoms with van der Waals surface area (Å²) >= 11 is 0. The lowest BCUT2D eigenvalue weighted by Gasteiger charge is -2.43. The fourth-order valence-corrected chi connectivity index (χ4v) is 3.32. The standard InChI is InChI=1S/C18H28N2O/c1-13-5-7-15(8-6-13)20-18(16(19)21)11-9-14(10-12-18)17(2,3)4/h5-8,14,20H,9-12H2,1-4H3,(H2,19,21). The zero-order chi connectivity index (χ0) is 15.7. The van der Waals surface area contributed by atoms with Crippen LogP contribution in [0.5, 0.6) is 0 Å². The molecule has 3 heteroatoms. The third-order valence-corrected chi connectivity index (χ3v) is 4.97. The Labute approximate surface area is 128 Å². The zero-order valence-electron chi connectivity index (χ0n) is 13.7. The number of carbonyl (C=O) groups is 1. The van der Waals surface area contributed by atoms with Crippen LogP contribution in [0.25, 0.3) is 0 Å². The molecule has 0 unspecified atom stereocenters. The van der Waals surface area contributed by atoms with Gasteiger partial charge in [-0.1, -0.05) is 38.5 Å². The van der Waals surface area contributed by atoms with Gasteiger partial charge in [0.15, 0.2) is 0 Å². The van der Waals surface area contributed by atoms with Gasteiger partial charge in [0, 0.05) is 5.69 Å². The summed E-state index contributed by atoms with van der Waals surface area (Å²) in [5.41, 5.74) is 7.64. The van der Waals surface area contributed by atoms with E-state index >= 15 is 0 Å². The second-order valence-electron chi connectivity index (χ2n) is 7.58. The van der Waals surface area contributed by atoms with Crippen molar-refractivity contribution < 1.29 is 4.79 Å². The molecule has 0 spiro atoms. The number of nitrogens with two attached hydrogens (primary N) is 1. The van der Waals surface area contributed by atoms with E-state index in [-0.39, 0.29) is 5.91 Å². The Morgan fingerprint density at radius 2 is 1.71 bits per heavy atom. The van der Waals surface area contributed by atoms with Gasteiger partial charge in [-0.25, -0.2) is 0 Å². The molecule has 1 amide bonds. The average molecular weight is 288 g/mol. The number of anilines is 1. The topological polar surface area (TPSA) is 55.1 Å². The van der Waals surface area contributed by atoms with Crippen LogP contribution in [0.2, 0.25) is 0 Å². The molecule has 0 radical (unpaired) electrons. The van der Waals surface area contributed by atoms with Gasteiger partial charge in [-0.05, 0) is 56.1 Å². The van der Waals surface area contributed by atoms with Gasteiger partial charge in [-0.15, -0.1) is 0 Å². The highest BCUT2D eigenvalue weighted by atomic mass is 16.1. The van der Waals surface area contributed by atoms with E-state index in [2.05, 4.69) is 45.1 Å². The molecule has 2 rings (SSSR count). The third kappa shape index (κ3) is 3.58. The van der Waals surface area contributed by atoms with E-state index in [1.807, 2.05) is 12.1 Å². The zero-order valence-corrected chi connectivity index (χ0v) is 13.7. The molecule has 116 valence electrons. The fourth-order valence-electron chi connectivity index (χ4n) is 3.32. The number of hydrogen-bond acceptors (Lipinski definition) is 2. The summed E-state index contributed by atoms with van der Waals surface area (Å²) in [6.07, 6.45) is 3.73. The number of hydrogen-bond donors (Lipinski definition) is 2. The Hall–Kier alpha value is -1.51. The molecule has 0 atom stereocenters. The highest BCUT2D eigenvalue weighted by molar-refractivity contribution is 5.88. The number of amides is 1. The van der Waals surface area contributed by atoms with Crippen molar-refractivity contribution in [2.24, 2.45) is 17.1 Å². The van der Waals surface area contributed by atoms with Gasteiger partial charge in [0.05, 0.1) is 0 Å². The van der Waals surface area contributed by atoms with Crippen molar-refractivity contribution in [1.82, 2.24) is 0 Å². The van der Waals surface area contributed by atoms with Gasteiger partial charge in [0.1, 0.15) is 5.54 Å². The molecule has 3 N–H and O–H groups in total. The highest BCUT2D eigenvalue weighted by Crippen LogP contribution is 2.42. The summed E-state index contributed by atoms with van der Waals surface area (Å²) in [5.74, 6) is 0.431. The van der Waals surface area contributed by atoms with Gasteiger partial charge in [0.25, 0.3) is 0 Å². The van der Waals surface area contributed by atoms with Crippen molar-refractivity contribution in [1.29, 1.82) is 0 Å². The van der Waals surface area contributed by atoms with Crippen molar-refractivity contribution in [3.05, 3.63) is 29.8 Å². The van der Waals surface area contributed by atoms with Crippen LogP contribution in [0, 0.1) is 18.3 Å². The smallest absolute Gasteiger partial charge is 0.243 e. The number of carbonyl (C=O) groups excluding carboxylic acids is 1. The summed E-state index contributed by atoms with van der Waals surface area (Å²) in [5, 5.41) is 3.42. The number of nitrogens with one attached hydrogen (secondary N) is 1. The maximum Gasteiger partial charge on any atom is 0.243 e. The van der Waals surface area contributed by atoms with Crippen LogP contribution in [-0.2, 0) is 4.79 Å². The van der Waals surface area contributed by atoms with Crippen LogP contribution in [0.1, 0.15) is 52.0 Å². The minimum Gasteiger partial charge on any atom is -0.371 e. The molecule has 0 heterocycles. The lowest BCUT2D eigenvalue weighted by atomic mass is 9.67. The number of aryl methyl sites for hydroxylation is 1. The second kappa shape index (κ2) is 5.70. The van der Waals surface area contributed by atoms with E-state index in [0.29, 0.717) is 11.3 Å². The van der Waals surface area contributed by atoms with E-state index in [4.69, 9.17) is 5.73 Å². The maximum absolute atomic E-state index is 12.1. The Balaban J connectivity index is 2.13. The van der Waals surface area contributed by atoms with E-state index in [1.165, 1.54) is 5.56 Å². The molecule has 1 aromatic rings. The van der Waals surface area contributed by atoms with Gasteiger partial charge >= 0.3 is 0 Å². The molecule has 1 fully saturated rings. The Morgan fingerprint density at radius 1 is 1.19 bits per heavy atom. The van der Waals surface area contributed by atoms with Crippen molar-refractivity contribution in [2.75, 3.05) is 5.32 Å². The summed E-state index contributed by atoms with van der Waals surface area (Å²) in [6.45, 7) is 8.90. The van der Waals surface area contributed by atoms with E-state index in [1.54, 1.807) is 0 Å². The van der Waals surface area contributed by atoms with Gasteiger partial charge < -0.3 is 11.1 Å². The first-order chi connectivity index (χ1) is 9.73. The van der Waals surface area contributed by atoms with Crippen LogP contribution >= 0.6 is 0 Å². The Morgan fingerprint density at radius 3 is 2.14 bits per heavy atom. The predicted octanol–water partition coefficient (Wildman–Crippen LogP) is 3.87. The number of benzene rings is 1. The summed E-state index contributed by atoms with van der Waals surface area (Å²) in [6, 6.07) is 8.15. The normalized spacial score (nSPS) is 26.4. The predicted molar refractivity (Wildman–Crippen MR) is 88.1 cm³/mol. The first-order valence-corrected chi connectivity index (χ1v) is 7.88. The van der Waals surface area contributed by atoms with Crippen molar-refractivity contribution in [3.63, 3.8) is 0 Å². The Bertz CT molecular complexity index is 491. The molecular weight excluding hydrogens is 260 g/mol. The molecule has 1 aliphatic rings. The fraction of sp³-hybridized carbons (Fsp3) is 0.611. The number of primary amides is 1. The first kappa shape index (κ1) is 15.9. The van der Waals surface area contributed by atoms with Crippen LogP contribution in [0.3, 0.4) is 0 Å². The summed E-state index contributed by atoms with van der Waals surface area (Å²) in [7, 11) is 0. The number of rotatable bonds is 3. The van der Waals surface area contributed by atoms with E-state index in [9.17, 15) is 4.79 Å². The molecule has 0 saturated heterocycles. The molecular formula is C18H28N2O. The molecule has 0 bridgehead atoms. The second-order valence-corrected chi connectivity index (χ2v) is 7.58. The van der Waals surface area contributed by atoms with E-state index < -0.39 is 5.54 Å². The van der Waals surface area contributed by atoms with Gasteiger partial charge in [-0.2, -0.15) is 0 Å². The largest absolute Gasteiger partial charge is 0.371 e. The van der Waals surface area contributed by atoms with Crippen LogP contribution in [-0.4, -0.2) is 11.4 Å². The van der Waals surface area contributed by atoms with Crippen LogP contribution < -0.4 is 11.1 Å². The molecule has 0 aliphatic heterocycles. The minimum atomic E-state index is -0.586. The van der Waals surface area contributed by atoms with Gasteiger partial charge in [0.2, 0.25) is 5.91 Å². The Kier molecular flexibility index (Phi) is 4.31. The lowest BCUT2D eigenvalue weighted by Crippen LogP contribution is -2.53. The molecule has 1 saturated carbocycles. The molecule has 0 aromatic heterocycles. The average Bonchev–Trinajstić information content (AvgIpc) is 2.41. The summed E-state index contributed by atoms with van der Waals surface area (Å²) < 4.78 is 0. The molecule has 1 aliphatic carbocycles. The lowest BCUT2D eigenvalue weighted by molar-refractivity contribution is -0.123. The van der Waals surface area contributed by atoms with E-state index in [0.717, 1.165) is 31.4 Å². The SMILES string of the molecule is Cc1ccc(NC2(C(N)=O)CCC(C(C)(C)C)CC2)cc1. The van der Waals surface area contributed by atoms with Crippen molar-refractivity contribution >= 4 is 11.6 Å². The van der Waals surface area contributed by atoms with Gasteiger partial charge in [-0.3, -0.25) is 4.79 Å². The molecule has 21 heavy (non-hydrogen) atoms. The third-order valence-electron chi connectivity index (χ3n) is 4.97. The molecule has 1 aromatic carbocycles. The highest BCUT2D eigenvalue weighted by Gasteiger charge is 2.42. The summed E-state index contributed by atoms with van der Waals surface area (Å²) in [4.78, 5) is 12.1. The maximum atomic E-state index is 12.1. The van der Waals surface area contributed by atoms with Crippen molar-refractivity contribution in [3.8, 4) is 0 Å². The van der Waals surface area contributed by atoms with Crippen LogP contribution in [0.4, 0.5) is 5.69 Å². The molecule has 3 nitrogen and oxygen atoms in total. The quantitative estimate of drug-likeness (QED) is 0.887. The van der Waals surface area contributed by atoms with Crippen LogP contribution in [0.15, 0.2) is 24.3 Å². The monoisotopic (exact) mass is 288 g/mol. The minimum absolute atomic E-state index is 0.226. The van der Waals surface area contributed by atoms with Crippen molar-refractivity contribution in [2.45, 2.75) is 58.9 Å².